The lowest BCUT2D eigenvalue weighted by molar-refractivity contribution is 0.174. The van der Waals surface area contributed by atoms with Gasteiger partial charge in [-0.25, -0.2) is 0 Å². The first-order chi connectivity index (χ1) is 9.81. The summed E-state index contributed by atoms with van der Waals surface area (Å²) in [6, 6.07) is 16.3. The summed E-state index contributed by atoms with van der Waals surface area (Å²) in [5, 5.41) is 6.84. The average Bonchev–Trinajstić information content (AvgIpc) is 2.93. The Kier molecular flexibility index (Phi) is 3.69. The van der Waals surface area contributed by atoms with Crippen molar-refractivity contribution in [3.8, 4) is 11.5 Å². The molecule has 0 saturated carbocycles. The lowest BCUT2D eigenvalue weighted by Gasteiger charge is -2.10. The van der Waals surface area contributed by atoms with Crippen LogP contribution in [-0.2, 0) is 6.54 Å². The number of fused-ring (bicyclic) bond motifs is 1. The Balaban J connectivity index is 1.55. The summed E-state index contributed by atoms with van der Waals surface area (Å²) in [7, 11) is 0. The number of rotatable bonds is 3. The second-order valence-corrected chi connectivity index (χ2v) is 4.69. The second-order valence-electron chi connectivity index (χ2n) is 4.28. The van der Waals surface area contributed by atoms with Gasteiger partial charge in [0.1, 0.15) is 0 Å². The Bertz CT molecular complexity index is 617. The van der Waals surface area contributed by atoms with Crippen molar-refractivity contribution >= 4 is 23.0 Å². The summed E-state index contributed by atoms with van der Waals surface area (Å²) in [6.45, 7) is 0.915. The summed E-state index contributed by atoms with van der Waals surface area (Å²) < 4.78 is 10.6. The molecule has 1 radical (unpaired) electrons. The first-order valence-corrected chi connectivity index (χ1v) is 6.61. The standard InChI is InChI=1S/C15H13N2O2S/c20-15(17-12-4-2-1-3-5-12)16-9-11-6-7-13-14(8-11)19-10-18-13/h2-8H,9-10H2,(H2,16,17,20). The highest BCUT2D eigenvalue weighted by molar-refractivity contribution is 7.80. The van der Waals surface area contributed by atoms with Gasteiger partial charge >= 0.3 is 0 Å². The Morgan fingerprint density at radius 2 is 1.95 bits per heavy atom. The van der Waals surface area contributed by atoms with E-state index >= 15 is 0 Å². The van der Waals surface area contributed by atoms with Gasteiger partial charge in [-0.3, -0.25) is 0 Å². The summed E-state index contributed by atoms with van der Waals surface area (Å²) in [6.07, 6.45) is 0. The zero-order valence-electron chi connectivity index (χ0n) is 10.7. The third-order valence-electron chi connectivity index (χ3n) is 2.87. The number of anilines is 1. The van der Waals surface area contributed by atoms with Crippen molar-refractivity contribution in [2.24, 2.45) is 0 Å². The van der Waals surface area contributed by atoms with Crippen molar-refractivity contribution in [3.05, 3.63) is 54.1 Å². The highest BCUT2D eigenvalue weighted by Gasteiger charge is 2.12. The maximum Gasteiger partial charge on any atom is 0.231 e. The fraction of sp³-hybridized carbons (Fsp3) is 0.133. The molecule has 0 fully saturated rings. The van der Waals surface area contributed by atoms with Crippen LogP contribution >= 0.6 is 12.2 Å². The molecule has 1 aliphatic heterocycles. The molecule has 20 heavy (non-hydrogen) atoms. The molecule has 0 spiro atoms. The summed E-state index contributed by atoms with van der Waals surface area (Å²) in [5.74, 6) is 1.57. The molecule has 1 heterocycles. The van der Waals surface area contributed by atoms with Crippen LogP contribution in [0.3, 0.4) is 0 Å². The highest BCUT2D eigenvalue weighted by atomic mass is 32.1. The van der Waals surface area contributed by atoms with Crippen molar-refractivity contribution in [3.63, 3.8) is 0 Å². The normalized spacial score (nSPS) is 12.0. The van der Waals surface area contributed by atoms with E-state index in [4.69, 9.17) is 21.7 Å². The molecule has 0 atom stereocenters. The number of benzene rings is 2. The molecule has 2 aromatic rings. The van der Waals surface area contributed by atoms with Gasteiger partial charge in [0, 0.05) is 12.2 Å². The Hall–Kier alpha value is -2.27. The van der Waals surface area contributed by atoms with Crippen molar-refractivity contribution in [1.29, 1.82) is 0 Å². The lowest BCUT2D eigenvalue weighted by Crippen LogP contribution is -2.27. The SMILES string of the molecule is S=C(NCc1ccc2c(c1)OCO2)Nc1cc[c]cc1. The van der Waals surface area contributed by atoms with Crippen molar-refractivity contribution in [1.82, 2.24) is 5.32 Å². The highest BCUT2D eigenvalue weighted by Crippen LogP contribution is 2.32. The zero-order valence-corrected chi connectivity index (χ0v) is 11.5. The minimum atomic E-state index is 0.289. The third kappa shape index (κ3) is 3.00. The summed E-state index contributed by atoms with van der Waals surface area (Å²) in [4.78, 5) is 0. The van der Waals surface area contributed by atoms with E-state index in [1.807, 2.05) is 42.5 Å². The Morgan fingerprint density at radius 3 is 2.80 bits per heavy atom. The number of hydrogen-bond acceptors (Lipinski definition) is 3. The van der Waals surface area contributed by atoms with E-state index in [2.05, 4.69) is 16.7 Å². The monoisotopic (exact) mass is 285 g/mol. The predicted molar refractivity (Wildman–Crippen MR) is 80.9 cm³/mol. The Labute approximate surface area is 122 Å². The molecular formula is C15H13N2O2S. The van der Waals surface area contributed by atoms with E-state index in [0.717, 1.165) is 22.7 Å². The molecule has 0 bridgehead atoms. The molecule has 3 rings (SSSR count). The molecule has 4 nitrogen and oxygen atoms in total. The van der Waals surface area contributed by atoms with Crippen LogP contribution in [0.2, 0.25) is 0 Å². The topological polar surface area (TPSA) is 42.5 Å². The quantitative estimate of drug-likeness (QED) is 0.849. The molecule has 0 aromatic heterocycles. The van der Waals surface area contributed by atoms with Gasteiger partial charge in [-0.1, -0.05) is 18.2 Å². The van der Waals surface area contributed by atoms with E-state index in [1.54, 1.807) is 0 Å². The van der Waals surface area contributed by atoms with Gasteiger partial charge < -0.3 is 20.1 Å². The number of thiocarbonyl (C=S) groups is 1. The van der Waals surface area contributed by atoms with Gasteiger partial charge in [0.25, 0.3) is 0 Å². The maximum absolute atomic E-state index is 5.34. The lowest BCUT2D eigenvalue weighted by atomic mass is 10.2. The van der Waals surface area contributed by atoms with Crippen LogP contribution in [0.5, 0.6) is 11.5 Å². The van der Waals surface area contributed by atoms with Crippen LogP contribution in [0.4, 0.5) is 5.69 Å². The Morgan fingerprint density at radius 1 is 1.15 bits per heavy atom. The van der Waals surface area contributed by atoms with E-state index in [-0.39, 0.29) is 6.79 Å². The first kappa shape index (κ1) is 12.7. The number of hydrogen-bond donors (Lipinski definition) is 2. The molecule has 5 heteroatoms. The summed E-state index contributed by atoms with van der Waals surface area (Å²) >= 11 is 5.25. The van der Waals surface area contributed by atoms with Crippen LogP contribution in [0.1, 0.15) is 5.56 Å². The summed E-state index contributed by atoms with van der Waals surface area (Å²) in [5.41, 5.74) is 2.02. The first-order valence-electron chi connectivity index (χ1n) is 6.21. The van der Waals surface area contributed by atoms with Crippen molar-refractivity contribution < 1.29 is 9.47 Å². The molecule has 101 valence electrons. The molecule has 0 amide bonds. The van der Waals surface area contributed by atoms with E-state index in [1.165, 1.54) is 0 Å². The molecule has 1 aliphatic rings. The smallest absolute Gasteiger partial charge is 0.231 e. The molecular weight excluding hydrogens is 272 g/mol. The largest absolute Gasteiger partial charge is 0.454 e. The van der Waals surface area contributed by atoms with Crippen LogP contribution < -0.4 is 20.1 Å². The predicted octanol–water partition coefficient (Wildman–Crippen LogP) is 2.70. The van der Waals surface area contributed by atoms with Gasteiger partial charge in [0.2, 0.25) is 6.79 Å². The maximum atomic E-state index is 5.34. The van der Waals surface area contributed by atoms with Crippen LogP contribution in [0.15, 0.2) is 42.5 Å². The number of nitrogens with one attached hydrogen (secondary N) is 2. The molecule has 0 unspecified atom stereocenters. The molecule has 2 aromatic carbocycles. The van der Waals surface area contributed by atoms with E-state index in [9.17, 15) is 0 Å². The van der Waals surface area contributed by atoms with Crippen molar-refractivity contribution in [2.45, 2.75) is 6.54 Å². The fourth-order valence-electron chi connectivity index (χ4n) is 1.88. The molecule has 0 saturated heterocycles. The van der Waals surface area contributed by atoms with Gasteiger partial charge in [-0.15, -0.1) is 0 Å². The van der Waals surface area contributed by atoms with Gasteiger partial charge in [-0.05, 0) is 48.1 Å². The van der Waals surface area contributed by atoms with E-state index in [0.29, 0.717) is 11.7 Å². The van der Waals surface area contributed by atoms with Crippen LogP contribution in [0.25, 0.3) is 0 Å². The average molecular weight is 285 g/mol. The fourth-order valence-corrected chi connectivity index (χ4v) is 2.07. The number of ether oxygens (including phenoxy) is 2. The molecule has 0 aliphatic carbocycles. The minimum absolute atomic E-state index is 0.289. The van der Waals surface area contributed by atoms with Gasteiger partial charge in [0.15, 0.2) is 16.6 Å². The molecule has 2 N–H and O–H groups in total. The van der Waals surface area contributed by atoms with Crippen LogP contribution in [0, 0.1) is 6.07 Å². The van der Waals surface area contributed by atoms with Crippen molar-refractivity contribution in [2.75, 3.05) is 12.1 Å². The van der Waals surface area contributed by atoms with Crippen LogP contribution in [-0.4, -0.2) is 11.9 Å². The minimum Gasteiger partial charge on any atom is -0.454 e. The second kappa shape index (κ2) is 5.79. The van der Waals surface area contributed by atoms with Gasteiger partial charge in [-0.2, -0.15) is 0 Å². The third-order valence-corrected chi connectivity index (χ3v) is 3.11. The van der Waals surface area contributed by atoms with Gasteiger partial charge in [0.05, 0.1) is 0 Å². The van der Waals surface area contributed by atoms with E-state index < -0.39 is 0 Å². The zero-order chi connectivity index (χ0) is 13.8.